The SMILES string of the molecule is C[C@@H]1CN(C)[C@@H](C)C[C@@H]1OC(=O)c1ccco1. The minimum absolute atomic E-state index is 0.0150. The molecule has 0 aliphatic carbocycles. The molecule has 2 heterocycles. The van der Waals surface area contributed by atoms with Crippen LogP contribution in [0.2, 0.25) is 0 Å². The highest BCUT2D eigenvalue weighted by Gasteiger charge is 2.32. The van der Waals surface area contributed by atoms with Crippen LogP contribution in [0.15, 0.2) is 22.8 Å². The van der Waals surface area contributed by atoms with Gasteiger partial charge in [-0.05, 0) is 32.5 Å². The van der Waals surface area contributed by atoms with E-state index in [2.05, 4.69) is 25.8 Å². The Kier molecular flexibility index (Phi) is 3.52. The Labute approximate surface area is 102 Å². The molecule has 94 valence electrons. The fourth-order valence-electron chi connectivity index (χ4n) is 2.25. The lowest BCUT2D eigenvalue weighted by Crippen LogP contribution is -2.46. The number of carbonyl (C=O) groups excluding carboxylic acids is 1. The average molecular weight is 237 g/mol. The molecule has 4 heteroatoms. The zero-order chi connectivity index (χ0) is 12.4. The Bertz CT molecular complexity index is 374. The quantitative estimate of drug-likeness (QED) is 0.739. The average Bonchev–Trinajstić information content (AvgIpc) is 2.79. The van der Waals surface area contributed by atoms with Crippen LogP contribution in [0.3, 0.4) is 0 Å². The van der Waals surface area contributed by atoms with Gasteiger partial charge in [0.2, 0.25) is 5.76 Å². The second kappa shape index (κ2) is 4.92. The highest BCUT2D eigenvalue weighted by atomic mass is 16.6. The van der Waals surface area contributed by atoms with Crippen molar-refractivity contribution in [2.75, 3.05) is 13.6 Å². The fraction of sp³-hybridized carbons (Fsp3) is 0.615. The maximum Gasteiger partial charge on any atom is 0.374 e. The topological polar surface area (TPSA) is 42.7 Å². The van der Waals surface area contributed by atoms with Crippen molar-refractivity contribution in [1.29, 1.82) is 0 Å². The van der Waals surface area contributed by atoms with Gasteiger partial charge in [0.15, 0.2) is 0 Å². The summed E-state index contributed by atoms with van der Waals surface area (Å²) in [5.74, 6) is 0.280. The predicted molar refractivity (Wildman–Crippen MR) is 63.8 cm³/mol. The van der Waals surface area contributed by atoms with Gasteiger partial charge in [-0.3, -0.25) is 0 Å². The minimum atomic E-state index is -0.358. The predicted octanol–water partition coefficient (Wildman–Crippen LogP) is 2.17. The molecule has 4 nitrogen and oxygen atoms in total. The van der Waals surface area contributed by atoms with Crippen molar-refractivity contribution in [3.8, 4) is 0 Å². The molecule has 0 radical (unpaired) electrons. The Balaban J connectivity index is 1.97. The van der Waals surface area contributed by atoms with Gasteiger partial charge in [-0.15, -0.1) is 0 Å². The molecule has 1 saturated heterocycles. The van der Waals surface area contributed by atoms with E-state index in [4.69, 9.17) is 9.15 Å². The highest BCUT2D eigenvalue weighted by molar-refractivity contribution is 5.86. The summed E-state index contributed by atoms with van der Waals surface area (Å²) in [6.07, 6.45) is 2.35. The molecule has 17 heavy (non-hydrogen) atoms. The van der Waals surface area contributed by atoms with E-state index < -0.39 is 0 Å². The van der Waals surface area contributed by atoms with Crippen molar-refractivity contribution < 1.29 is 13.9 Å². The molecule has 2 rings (SSSR count). The van der Waals surface area contributed by atoms with Crippen molar-refractivity contribution >= 4 is 5.97 Å². The number of hydrogen-bond acceptors (Lipinski definition) is 4. The van der Waals surface area contributed by atoms with Crippen molar-refractivity contribution in [2.24, 2.45) is 5.92 Å². The van der Waals surface area contributed by atoms with Crippen LogP contribution in [-0.4, -0.2) is 36.6 Å². The molecule has 0 bridgehead atoms. The van der Waals surface area contributed by atoms with Crippen LogP contribution in [0, 0.1) is 5.92 Å². The molecular formula is C13H19NO3. The van der Waals surface area contributed by atoms with Crippen molar-refractivity contribution in [3.05, 3.63) is 24.2 Å². The lowest BCUT2D eigenvalue weighted by Gasteiger charge is -2.38. The van der Waals surface area contributed by atoms with E-state index in [1.54, 1.807) is 12.1 Å². The van der Waals surface area contributed by atoms with E-state index >= 15 is 0 Å². The van der Waals surface area contributed by atoms with E-state index in [0.717, 1.165) is 13.0 Å². The zero-order valence-corrected chi connectivity index (χ0v) is 10.6. The molecule has 3 atom stereocenters. The standard InChI is InChI=1S/C13H19NO3/c1-9-8-14(3)10(2)7-12(9)17-13(15)11-5-4-6-16-11/h4-6,9-10,12H,7-8H2,1-3H3/t9-,10+,12+/m1/s1. The Morgan fingerprint density at radius 2 is 2.29 bits per heavy atom. The van der Waals surface area contributed by atoms with Gasteiger partial charge >= 0.3 is 5.97 Å². The van der Waals surface area contributed by atoms with Crippen LogP contribution in [0.25, 0.3) is 0 Å². The molecule has 1 fully saturated rings. The first-order valence-electron chi connectivity index (χ1n) is 6.02. The number of ether oxygens (including phenoxy) is 1. The lowest BCUT2D eigenvalue weighted by molar-refractivity contribution is -0.0219. The largest absolute Gasteiger partial charge is 0.457 e. The Hall–Kier alpha value is -1.29. The molecule has 0 amide bonds. The number of furan rings is 1. The van der Waals surface area contributed by atoms with Crippen LogP contribution >= 0.6 is 0 Å². The summed E-state index contributed by atoms with van der Waals surface area (Å²) in [6.45, 7) is 5.22. The van der Waals surface area contributed by atoms with E-state index in [0.29, 0.717) is 12.0 Å². The van der Waals surface area contributed by atoms with Gasteiger partial charge in [-0.2, -0.15) is 0 Å². The summed E-state index contributed by atoms with van der Waals surface area (Å²) in [5.41, 5.74) is 0. The number of likely N-dealkylation sites (tertiary alicyclic amines) is 1. The zero-order valence-electron chi connectivity index (χ0n) is 10.6. The summed E-state index contributed by atoms with van der Waals surface area (Å²) >= 11 is 0. The second-order valence-corrected chi connectivity index (χ2v) is 4.92. The van der Waals surface area contributed by atoms with Crippen LogP contribution < -0.4 is 0 Å². The number of esters is 1. The van der Waals surface area contributed by atoms with Gasteiger partial charge in [0.1, 0.15) is 6.10 Å². The molecule has 0 N–H and O–H groups in total. The van der Waals surface area contributed by atoms with Gasteiger partial charge in [0, 0.05) is 18.5 Å². The summed E-state index contributed by atoms with van der Waals surface area (Å²) in [4.78, 5) is 14.1. The summed E-state index contributed by atoms with van der Waals surface area (Å²) in [7, 11) is 2.10. The number of piperidine rings is 1. The first-order chi connectivity index (χ1) is 8.08. The van der Waals surface area contributed by atoms with Crippen molar-refractivity contribution in [3.63, 3.8) is 0 Å². The van der Waals surface area contributed by atoms with Crippen LogP contribution in [-0.2, 0) is 4.74 Å². The lowest BCUT2D eigenvalue weighted by atomic mass is 9.92. The first-order valence-corrected chi connectivity index (χ1v) is 6.02. The van der Waals surface area contributed by atoms with Gasteiger partial charge < -0.3 is 14.1 Å². The molecular weight excluding hydrogens is 218 g/mol. The molecule has 1 aromatic heterocycles. The third-order valence-corrected chi connectivity index (χ3v) is 3.52. The number of rotatable bonds is 2. The maximum atomic E-state index is 11.8. The molecule has 1 aliphatic rings. The van der Waals surface area contributed by atoms with E-state index in [-0.39, 0.29) is 17.8 Å². The summed E-state index contributed by atoms with van der Waals surface area (Å²) in [6, 6.07) is 3.77. The van der Waals surface area contributed by atoms with Crippen LogP contribution in [0.4, 0.5) is 0 Å². The number of carbonyl (C=O) groups is 1. The maximum absolute atomic E-state index is 11.8. The summed E-state index contributed by atoms with van der Waals surface area (Å²) < 4.78 is 10.5. The minimum Gasteiger partial charge on any atom is -0.457 e. The van der Waals surface area contributed by atoms with Gasteiger partial charge in [-0.1, -0.05) is 6.92 Å². The number of nitrogens with zero attached hydrogens (tertiary/aromatic N) is 1. The third-order valence-electron chi connectivity index (χ3n) is 3.52. The molecule has 0 unspecified atom stereocenters. The normalized spacial score (nSPS) is 30.2. The number of hydrogen-bond donors (Lipinski definition) is 0. The Morgan fingerprint density at radius 3 is 2.94 bits per heavy atom. The van der Waals surface area contributed by atoms with Gasteiger partial charge in [0.25, 0.3) is 0 Å². The van der Waals surface area contributed by atoms with Gasteiger partial charge in [-0.25, -0.2) is 4.79 Å². The monoisotopic (exact) mass is 237 g/mol. The molecule has 0 spiro atoms. The van der Waals surface area contributed by atoms with Gasteiger partial charge in [0.05, 0.1) is 6.26 Å². The van der Waals surface area contributed by atoms with Crippen molar-refractivity contribution in [2.45, 2.75) is 32.4 Å². The molecule has 1 aromatic rings. The van der Waals surface area contributed by atoms with E-state index in [1.165, 1.54) is 6.26 Å². The molecule has 0 saturated carbocycles. The van der Waals surface area contributed by atoms with E-state index in [1.807, 2.05) is 0 Å². The second-order valence-electron chi connectivity index (χ2n) is 4.92. The third kappa shape index (κ3) is 2.69. The fourth-order valence-corrected chi connectivity index (χ4v) is 2.25. The summed E-state index contributed by atoms with van der Waals surface area (Å²) in [5, 5.41) is 0. The van der Waals surface area contributed by atoms with E-state index in [9.17, 15) is 4.79 Å². The molecule has 0 aromatic carbocycles. The van der Waals surface area contributed by atoms with Crippen LogP contribution in [0.1, 0.15) is 30.8 Å². The van der Waals surface area contributed by atoms with Crippen molar-refractivity contribution in [1.82, 2.24) is 4.90 Å². The van der Waals surface area contributed by atoms with Crippen LogP contribution in [0.5, 0.6) is 0 Å². The Morgan fingerprint density at radius 1 is 1.53 bits per heavy atom. The first kappa shape index (κ1) is 12.2. The highest BCUT2D eigenvalue weighted by Crippen LogP contribution is 2.24. The molecule has 1 aliphatic heterocycles. The smallest absolute Gasteiger partial charge is 0.374 e.